The lowest BCUT2D eigenvalue weighted by molar-refractivity contribution is 0.143. The maximum absolute atomic E-state index is 5.49. The second kappa shape index (κ2) is 7.44. The highest BCUT2D eigenvalue weighted by atomic mass is 32.1. The summed E-state index contributed by atoms with van der Waals surface area (Å²) in [5.41, 5.74) is 0.682. The minimum atomic E-state index is 0.682. The number of hydrogen-bond acceptors (Lipinski definition) is 2. The number of thiocarbonyl (C=S) groups is 1. The molecule has 1 saturated heterocycles. The third kappa shape index (κ3) is 4.32. The molecule has 1 aliphatic carbocycles. The van der Waals surface area contributed by atoms with Gasteiger partial charge >= 0.3 is 0 Å². The molecule has 0 atom stereocenters. The van der Waals surface area contributed by atoms with Crippen molar-refractivity contribution in [3.63, 3.8) is 0 Å². The second-order valence-electron chi connectivity index (χ2n) is 5.98. The maximum atomic E-state index is 5.49. The van der Waals surface area contributed by atoms with Crippen LogP contribution in [0, 0.1) is 5.41 Å². The van der Waals surface area contributed by atoms with Gasteiger partial charge in [0.25, 0.3) is 0 Å². The average Bonchev–Trinajstić information content (AvgIpc) is 2.87. The molecule has 4 heteroatoms. The minimum Gasteiger partial charge on any atom is -0.382 e. The van der Waals surface area contributed by atoms with Gasteiger partial charge in [0.15, 0.2) is 5.11 Å². The smallest absolute Gasteiger partial charge is 0.168 e. The lowest BCUT2D eigenvalue weighted by Crippen LogP contribution is -2.46. The molecule has 2 aliphatic rings. The van der Waals surface area contributed by atoms with Crippen LogP contribution in [0.1, 0.15) is 51.9 Å². The Labute approximate surface area is 123 Å². The predicted molar refractivity (Wildman–Crippen MR) is 83.4 cm³/mol. The van der Waals surface area contributed by atoms with Crippen LogP contribution in [0.4, 0.5) is 0 Å². The number of piperidine rings is 1. The molecule has 110 valence electrons. The molecule has 0 aromatic heterocycles. The molecule has 0 radical (unpaired) electrons. The number of hydrogen-bond donors (Lipinski definition) is 1. The summed E-state index contributed by atoms with van der Waals surface area (Å²) in [6.45, 7) is 6.90. The summed E-state index contributed by atoms with van der Waals surface area (Å²) in [7, 11) is 0. The first-order valence-electron chi connectivity index (χ1n) is 7.86. The quantitative estimate of drug-likeness (QED) is 0.620. The van der Waals surface area contributed by atoms with Gasteiger partial charge in [-0.15, -0.1) is 0 Å². The van der Waals surface area contributed by atoms with E-state index in [1.54, 1.807) is 0 Å². The molecule has 3 nitrogen and oxygen atoms in total. The molecule has 1 heterocycles. The van der Waals surface area contributed by atoms with Crippen LogP contribution < -0.4 is 5.32 Å². The lowest BCUT2D eigenvalue weighted by atomic mass is 9.77. The Morgan fingerprint density at radius 3 is 2.53 bits per heavy atom. The molecule has 0 aromatic rings. The Bertz CT molecular complexity index is 280. The number of nitrogens with one attached hydrogen (secondary N) is 1. The van der Waals surface area contributed by atoms with E-state index in [-0.39, 0.29) is 0 Å². The molecule has 2 fully saturated rings. The number of nitrogens with zero attached hydrogens (tertiary/aromatic N) is 1. The first-order chi connectivity index (χ1) is 9.26. The van der Waals surface area contributed by atoms with Crippen molar-refractivity contribution in [1.82, 2.24) is 10.2 Å². The Kier molecular flexibility index (Phi) is 5.89. The van der Waals surface area contributed by atoms with Gasteiger partial charge in [-0.2, -0.15) is 0 Å². The summed E-state index contributed by atoms with van der Waals surface area (Å²) < 4.78 is 5.33. The molecular formula is C15H28N2OS. The van der Waals surface area contributed by atoms with Gasteiger partial charge < -0.3 is 15.0 Å². The summed E-state index contributed by atoms with van der Waals surface area (Å²) in [4.78, 5) is 2.36. The van der Waals surface area contributed by atoms with Crippen molar-refractivity contribution < 1.29 is 4.74 Å². The Balaban J connectivity index is 1.62. The summed E-state index contributed by atoms with van der Waals surface area (Å²) in [5, 5.41) is 4.32. The summed E-state index contributed by atoms with van der Waals surface area (Å²) in [5.74, 6) is 0. The third-order valence-electron chi connectivity index (χ3n) is 4.72. The largest absolute Gasteiger partial charge is 0.382 e. The molecule has 1 N–H and O–H groups in total. The molecule has 2 rings (SSSR count). The van der Waals surface area contributed by atoms with Gasteiger partial charge in [0.2, 0.25) is 0 Å². The third-order valence-corrected chi connectivity index (χ3v) is 5.12. The SMILES string of the molecule is CCOCCCNC(=S)N1CCC2(CCCC2)CC1. The van der Waals surface area contributed by atoms with Crippen LogP contribution in [-0.2, 0) is 4.74 Å². The van der Waals surface area contributed by atoms with Crippen molar-refractivity contribution in [2.45, 2.75) is 51.9 Å². The van der Waals surface area contributed by atoms with Gasteiger partial charge in [-0.05, 0) is 56.7 Å². The zero-order valence-electron chi connectivity index (χ0n) is 12.2. The van der Waals surface area contributed by atoms with Crippen LogP contribution in [0.25, 0.3) is 0 Å². The van der Waals surface area contributed by atoms with Crippen LogP contribution in [0.2, 0.25) is 0 Å². The van der Waals surface area contributed by atoms with Gasteiger partial charge in [0, 0.05) is 32.8 Å². The number of rotatable bonds is 5. The first-order valence-corrected chi connectivity index (χ1v) is 8.27. The lowest BCUT2D eigenvalue weighted by Gasteiger charge is -2.40. The van der Waals surface area contributed by atoms with E-state index in [1.165, 1.54) is 38.5 Å². The summed E-state index contributed by atoms with van der Waals surface area (Å²) >= 11 is 5.49. The fourth-order valence-electron chi connectivity index (χ4n) is 3.43. The highest BCUT2D eigenvalue weighted by Crippen LogP contribution is 2.46. The van der Waals surface area contributed by atoms with Gasteiger partial charge in [-0.1, -0.05) is 12.8 Å². The van der Waals surface area contributed by atoms with E-state index >= 15 is 0 Å². The Morgan fingerprint density at radius 2 is 1.89 bits per heavy atom. The summed E-state index contributed by atoms with van der Waals surface area (Å²) in [6.07, 6.45) is 9.51. The van der Waals surface area contributed by atoms with E-state index in [1.807, 2.05) is 6.92 Å². The van der Waals surface area contributed by atoms with Crippen molar-refractivity contribution in [2.75, 3.05) is 32.8 Å². The molecule has 0 bridgehead atoms. The zero-order valence-corrected chi connectivity index (χ0v) is 13.1. The number of likely N-dealkylation sites (tertiary alicyclic amines) is 1. The van der Waals surface area contributed by atoms with Crippen molar-refractivity contribution in [3.05, 3.63) is 0 Å². The zero-order chi connectivity index (χ0) is 13.6. The molecular weight excluding hydrogens is 256 g/mol. The standard InChI is InChI=1S/C15H28N2OS/c1-2-18-13-5-10-16-14(19)17-11-8-15(9-12-17)6-3-4-7-15/h2-13H2,1H3,(H,16,19). The van der Waals surface area contributed by atoms with Crippen LogP contribution in [0.3, 0.4) is 0 Å². The van der Waals surface area contributed by atoms with Gasteiger partial charge in [0.05, 0.1) is 0 Å². The molecule has 0 aromatic carbocycles. The predicted octanol–water partition coefficient (Wildman–Crippen LogP) is 2.94. The van der Waals surface area contributed by atoms with Crippen molar-refractivity contribution in [3.8, 4) is 0 Å². The molecule has 1 aliphatic heterocycles. The fraction of sp³-hybridized carbons (Fsp3) is 0.933. The number of ether oxygens (including phenoxy) is 1. The van der Waals surface area contributed by atoms with E-state index in [0.29, 0.717) is 5.41 Å². The molecule has 19 heavy (non-hydrogen) atoms. The monoisotopic (exact) mass is 284 g/mol. The highest BCUT2D eigenvalue weighted by molar-refractivity contribution is 7.80. The van der Waals surface area contributed by atoms with Crippen LogP contribution in [0.15, 0.2) is 0 Å². The molecule has 1 spiro atoms. The highest BCUT2D eigenvalue weighted by Gasteiger charge is 2.37. The van der Waals surface area contributed by atoms with E-state index in [4.69, 9.17) is 17.0 Å². The molecule has 1 saturated carbocycles. The first kappa shape index (κ1) is 15.0. The Hall–Kier alpha value is -0.350. The summed E-state index contributed by atoms with van der Waals surface area (Å²) in [6, 6.07) is 0. The van der Waals surface area contributed by atoms with Crippen LogP contribution in [-0.4, -0.2) is 42.9 Å². The fourth-order valence-corrected chi connectivity index (χ4v) is 3.72. The van der Waals surface area contributed by atoms with E-state index in [0.717, 1.165) is 44.4 Å². The normalized spacial score (nSPS) is 21.8. The maximum Gasteiger partial charge on any atom is 0.168 e. The van der Waals surface area contributed by atoms with Crippen molar-refractivity contribution in [1.29, 1.82) is 0 Å². The molecule has 0 unspecified atom stereocenters. The molecule has 0 amide bonds. The van der Waals surface area contributed by atoms with Gasteiger partial charge in [0.1, 0.15) is 0 Å². The van der Waals surface area contributed by atoms with Crippen molar-refractivity contribution in [2.24, 2.45) is 5.41 Å². The average molecular weight is 284 g/mol. The Morgan fingerprint density at radius 1 is 1.21 bits per heavy atom. The topological polar surface area (TPSA) is 24.5 Å². The second-order valence-corrected chi connectivity index (χ2v) is 6.36. The van der Waals surface area contributed by atoms with Crippen LogP contribution in [0.5, 0.6) is 0 Å². The van der Waals surface area contributed by atoms with Gasteiger partial charge in [-0.3, -0.25) is 0 Å². The van der Waals surface area contributed by atoms with Gasteiger partial charge in [-0.25, -0.2) is 0 Å². The minimum absolute atomic E-state index is 0.682. The van der Waals surface area contributed by atoms with Crippen molar-refractivity contribution >= 4 is 17.3 Å². The van der Waals surface area contributed by atoms with E-state index in [9.17, 15) is 0 Å². The van der Waals surface area contributed by atoms with E-state index in [2.05, 4.69) is 10.2 Å². The van der Waals surface area contributed by atoms with Crippen LogP contribution >= 0.6 is 12.2 Å². The van der Waals surface area contributed by atoms with E-state index < -0.39 is 0 Å².